The lowest BCUT2D eigenvalue weighted by Crippen LogP contribution is -2.25. The summed E-state index contributed by atoms with van der Waals surface area (Å²) < 4.78 is 0. The number of pyridine rings is 1. The molecule has 3 rings (SSSR count). The number of anilines is 2. The maximum Gasteiger partial charge on any atom is 0.259 e. The molecule has 1 aliphatic rings. The van der Waals surface area contributed by atoms with Crippen molar-refractivity contribution in [1.29, 1.82) is 0 Å². The van der Waals surface area contributed by atoms with Crippen LogP contribution in [-0.2, 0) is 0 Å². The van der Waals surface area contributed by atoms with Crippen LogP contribution in [-0.4, -0.2) is 16.9 Å². The van der Waals surface area contributed by atoms with Gasteiger partial charge in [-0.1, -0.05) is 37.5 Å². The van der Waals surface area contributed by atoms with E-state index in [1.165, 1.54) is 19.3 Å². The first-order valence-electron chi connectivity index (χ1n) is 8.74. The fourth-order valence-corrected chi connectivity index (χ4v) is 3.34. The lowest BCUT2D eigenvalue weighted by atomic mass is 9.95. The quantitative estimate of drug-likeness (QED) is 0.858. The Morgan fingerprint density at radius 1 is 1.04 bits per heavy atom. The fourth-order valence-electron chi connectivity index (χ4n) is 3.34. The lowest BCUT2D eigenvalue weighted by molar-refractivity contribution is 0.102. The van der Waals surface area contributed by atoms with E-state index in [2.05, 4.69) is 15.6 Å². The monoisotopic (exact) mass is 323 g/mol. The first kappa shape index (κ1) is 16.5. The van der Waals surface area contributed by atoms with E-state index in [1.807, 2.05) is 44.2 Å². The first-order chi connectivity index (χ1) is 11.6. The maximum absolute atomic E-state index is 12.8. The van der Waals surface area contributed by atoms with Crippen LogP contribution in [0.2, 0.25) is 0 Å². The molecule has 4 heteroatoms. The molecule has 1 fully saturated rings. The van der Waals surface area contributed by atoms with Gasteiger partial charge >= 0.3 is 0 Å². The molecule has 126 valence electrons. The maximum atomic E-state index is 12.8. The molecule has 2 aromatic rings. The standard InChI is InChI=1S/C20H25N3O/c1-14-8-6-9-15(2)18(14)23-20(24)17-12-7-13-21-19(17)22-16-10-4-3-5-11-16/h6-9,12-13,16H,3-5,10-11H2,1-2H3,(H,21,22)(H,23,24). The van der Waals surface area contributed by atoms with Crippen molar-refractivity contribution in [1.82, 2.24) is 4.98 Å². The summed E-state index contributed by atoms with van der Waals surface area (Å²) >= 11 is 0. The molecule has 0 bridgehead atoms. The number of para-hydroxylation sites is 1. The Labute approximate surface area is 143 Å². The molecule has 1 heterocycles. The molecule has 0 spiro atoms. The third-order valence-corrected chi connectivity index (χ3v) is 4.72. The Balaban J connectivity index is 1.79. The van der Waals surface area contributed by atoms with Crippen molar-refractivity contribution in [3.05, 3.63) is 53.2 Å². The summed E-state index contributed by atoms with van der Waals surface area (Å²) in [4.78, 5) is 17.2. The van der Waals surface area contributed by atoms with Crippen LogP contribution >= 0.6 is 0 Å². The van der Waals surface area contributed by atoms with E-state index in [9.17, 15) is 4.79 Å². The average molecular weight is 323 g/mol. The molecule has 1 saturated carbocycles. The molecule has 1 amide bonds. The predicted molar refractivity (Wildman–Crippen MR) is 98.6 cm³/mol. The summed E-state index contributed by atoms with van der Waals surface area (Å²) in [6.07, 6.45) is 7.83. The molecule has 0 aliphatic heterocycles. The number of rotatable bonds is 4. The van der Waals surface area contributed by atoms with Crippen LogP contribution in [0.4, 0.5) is 11.5 Å². The molecule has 1 aliphatic carbocycles. The SMILES string of the molecule is Cc1cccc(C)c1NC(=O)c1cccnc1NC1CCCCC1. The normalized spacial score (nSPS) is 15.1. The lowest BCUT2D eigenvalue weighted by Gasteiger charge is -2.24. The number of nitrogens with one attached hydrogen (secondary N) is 2. The molecule has 0 saturated heterocycles. The van der Waals surface area contributed by atoms with Crippen LogP contribution in [0, 0.1) is 13.8 Å². The first-order valence-corrected chi connectivity index (χ1v) is 8.74. The van der Waals surface area contributed by atoms with Gasteiger partial charge in [-0.3, -0.25) is 4.79 Å². The van der Waals surface area contributed by atoms with Crippen LogP contribution in [0.15, 0.2) is 36.5 Å². The van der Waals surface area contributed by atoms with E-state index in [1.54, 1.807) is 6.20 Å². The van der Waals surface area contributed by atoms with E-state index in [-0.39, 0.29) is 5.91 Å². The van der Waals surface area contributed by atoms with Crippen LogP contribution < -0.4 is 10.6 Å². The Hall–Kier alpha value is -2.36. The molecule has 0 radical (unpaired) electrons. The minimum absolute atomic E-state index is 0.112. The van der Waals surface area contributed by atoms with Crippen LogP contribution in [0.25, 0.3) is 0 Å². The van der Waals surface area contributed by atoms with Crippen molar-refractivity contribution in [3.63, 3.8) is 0 Å². The number of carbonyl (C=O) groups is 1. The van der Waals surface area contributed by atoms with Crippen molar-refractivity contribution in [3.8, 4) is 0 Å². The summed E-state index contributed by atoms with van der Waals surface area (Å²) in [5, 5.41) is 6.53. The highest BCUT2D eigenvalue weighted by atomic mass is 16.1. The van der Waals surface area contributed by atoms with Crippen molar-refractivity contribution in [2.24, 2.45) is 0 Å². The zero-order valence-corrected chi connectivity index (χ0v) is 14.4. The summed E-state index contributed by atoms with van der Waals surface area (Å²) in [6, 6.07) is 10.1. The molecule has 0 atom stereocenters. The number of nitrogens with zero attached hydrogens (tertiary/aromatic N) is 1. The van der Waals surface area contributed by atoms with Gasteiger partial charge < -0.3 is 10.6 Å². The summed E-state index contributed by atoms with van der Waals surface area (Å²) in [6.45, 7) is 4.01. The summed E-state index contributed by atoms with van der Waals surface area (Å²) in [7, 11) is 0. The molecule has 4 nitrogen and oxygen atoms in total. The highest BCUT2D eigenvalue weighted by Gasteiger charge is 2.18. The van der Waals surface area contributed by atoms with E-state index in [0.29, 0.717) is 17.4 Å². The Morgan fingerprint density at radius 3 is 2.46 bits per heavy atom. The Bertz CT molecular complexity index is 700. The van der Waals surface area contributed by atoms with Gasteiger partial charge in [-0.25, -0.2) is 4.98 Å². The van der Waals surface area contributed by atoms with E-state index >= 15 is 0 Å². The van der Waals surface area contributed by atoms with E-state index in [4.69, 9.17) is 0 Å². The topological polar surface area (TPSA) is 54.0 Å². The van der Waals surface area contributed by atoms with Gasteiger partial charge in [0.15, 0.2) is 0 Å². The third-order valence-electron chi connectivity index (χ3n) is 4.72. The summed E-state index contributed by atoms with van der Waals surface area (Å²) in [5.74, 6) is 0.576. The molecule has 2 N–H and O–H groups in total. The number of benzene rings is 1. The molecular formula is C20H25N3O. The van der Waals surface area contributed by atoms with Gasteiger partial charge in [0.05, 0.1) is 5.56 Å². The zero-order valence-electron chi connectivity index (χ0n) is 14.4. The van der Waals surface area contributed by atoms with Gasteiger partial charge in [-0.15, -0.1) is 0 Å². The fraction of sp³-hybridized carbons (Fsp3) is 0.400. The highest BCUT2D eigenvalue weighted by Crippen LogP contribution is 2.24. The number of hydrogen-bond acceptors (Lipinski definition) is 3. The second-order valence-corrected chi connectivity index (χ2v) is 6.60. The number of aromatic nitrogens is 1. The smallest absolute Gasteiger partial charge is 0.259 e. The number of hydrogen-bond donors (Lipinski definition) is 2. The van der Waals surface area contributed by atoms with Gasteiger partial charge in [-0.05, 0) is 49.9 Å². The van der Waals surface area contributed by atoms with Gasteiger partial charge in [0, 0.05) is 17.9 Å². The summed E-state index contributed by atoms with van der Waals surface area (Å²) in [5.41, 5.74) is 3.61. The molecule has 0 unspecified atom stereocenters. The van der Waals surface area contributed by atoms with Gasteiger partial charge in [0.2, 0.25) is 0 Å². The highest BCUT2D eigenvalue weighted by molar-refractivity contribution is 6.08. The van der Waals surface area contributed by atoms with Crippen molar-refractivity contribution in [2.45, 2.75) is 52.0 Å². The zero-order chi connectivity index (χ0) is 16.9. The second kappa shape index (κ2) is 7.47. The van der Waals surface area contributed by atoms with Crippen molar-refractivity contribution in [2.75, 3.05) is 10.6 Å². The molecule has 24 heavy (non-hydrogen) atoms. The van der Waals surface area contributed by atoms with Crippen molar-refractivity contribution >= 4 is 17.4 Å². The number of carbonyl (C=O) groups excluding carboxylic acids is 1. The largest absolute Gasteiger partial charge is 0.367 e. The number of amides is 1. The predicted octanol–water partition coefficient (Wildman–Crippen LogP) is 4.70. The molecule has 1 aromatic heterocycles. The van der Waals surface area contributed by atoms with Gasteiger partial charge in [0.25, 0.3) is 5.91 Å². The van der Waals surface area contributed by atoms with Gasteiger partial charge in [-0.2, -0.15) is 0 Å². The average Bonchev–Trinajstić information content (AvgIpc) is 2.59. The van der Waals surface area contributed by atoms with Gasteiger partial charge in [0.1, 0.15) is 5.82 Å². The van der Waals surface area contributed by atoms with Crippen LogP contribution in [0.3, 0.4) is 0 Å². The Morgan fingerprint density at radius 2 is 1.75 bits per heavy atom. The molecular weight excluding hydrogens is 298 g/mol. The third kappa shape index (κ3) is 3.75. The number of aryl methyl sites for hydroxylation is 2. The van der Waals surface area contributed by atoms with E-state index in [0.717, 1.165) is 29.7 Å². The Kier molecular flexibility index (Phi) is 5.14. The van der Waals surface area contributed by atoms with Crippen LogP contribution in [0.1, 0.15) is 53.6 Å². The van der Waals surface area contributed by atoms with E-state index < -0.39 is 0 Å². The molecule has 1 aromatic carbocycles. The van der Waals surface area contributed by atoms with Crippen molar-refractivity contribution < 1.29 is 4.79 Å². The minimum atomic E-state index is -0.112. The second-order valence-electron chi connectivity index (χ2n) is 6.60. The van der Waals surface area contributed by atoms with Crippen LogP contribution in [0.5, 0.6) is 0 Å². The minimum Gasteiger partial charge on any atom is -0.367 e.